The molecule has 0 atom stereocenters. The van der Waals surface area contributed by atoms with E-state index in [1.807, 2.05) is 36.4 Å². The lowest BCUT2D eigenvalue weighted by Crippen LogP contribution is -2.27. The van der Waals surface area contributed by atoms with Crippen LogP contribution >= 0.6 is 46.7 Å². The number of nitrogens with zero attached hydrogens (tertiary/aromatic N) is 1. The van der Waals surface area contributed by atoms with E-state index in [9.17, 15) is 9.59 Å². The molecule has 4 nitrogen and oxygen atoms in total. The maximum atomic E-state index is 12.7. The number of benzene rings is 2. The Morgan fingerprint density at radius 2 is 1.69 bits per heavy atom. The molecule has 146 valence electrons. The highest BCUT2D eigenvalue weighted by Gasteiger charge is 2.36. The van der Waals surface area contributed by atoms with Gasteiger partial charge in [-0.25, -0.2) is 0 Å². The molecule has 0 saturated carbocycles. The molecule has 0 radical (unpaired) electrons. The second-order valence-electron chi connectivity index (χ2n) is 6.04. The van der Waals surface area contributed by atoms with Crippen LogP contribution in [-0.4, -0.2) is 16.0 Å². The van der Waals surface area contributed by atoms with Gasteiger partial charge in [0.15, 0.2) is 5.09 Å². The van der Waals surface area contributed by atoms with Crippen molar-refractivity contribution in [3.63, 3.8) is 0 Å². The Bertz CT molecular complexity index is 1090. The Morgan fingerprint density at radius 3 is 2.41 bits per heavy atom. The molecule has 4 rings (SSSR count). The van der Waals surface area contributed by atoms with E-state index in [0.29, 0.717) is 31.4 Å². The van der Waals surface area contributed by atoms with Gasteiger partial charge in [0.1, 0.15) is 5.76 Å². The van der Waals surface area contributed by atoms with Gasteiger partial charge in [0.25, 0.3) is 11.1 Å². The molecule has 8 heteroatoms. The highest BCUT2D eigenvalue weighted by molar-refractivity contribution is 8.18. The molecule has 0 spiro atoms. The summed E-state index contributed by atoms with van der Waals surface area (Å²) < 4.78 is 5.77. The fourth-order valence-corrected chi connectivity index (χ4v) is 4.81. The Hall–Kier alpha value is -2.12. The topological polar surface area (TPSA) is 50.5 Å². The normalized spacial score (nSPS) is 15.5. The second kappa shape index (κ2) is 8.71. The van der Waals surface area contributed by atoms with Crippen LogP contribution in [0.1, 0.15) is 11.3 Å². The average Bonchev–Trinajstić information content (AvgIpc) is 3.24. The van der Waals surface area contributed by atoms with Gasteiger partial charge in [0.05, 0.1) is 11.4 Å². The average molecular weight is 462 g/mol. The Morgan fingerprint density at radius 1 is 0.966 bits per heavy atom. The van der Waals surface area contributed by atoms with Crippen molar-refractivity contribution >= 4 is 63.9 Å². The quantitative estimate of drug-likeness (QED) is 0.383. The molecule has 29 heavy (non-hydrogen) atoms. The van der Waals surface area contributed by atoms with Crippen molar-refractivity contribution in [1.82, 2.24) is 4.90 Å². The van der Waals surface area contributed by atoms with Crippen molar-refractivity contribution in [2.24, 2.45) is 0 Å². The third-order valence-corrected chi connectivity index (χ3v) is 6.63. The molecular weight excluding hydrogens is 449 g/mol. The molecule has 0 bridgehead atoms. The van der Waals surface area contributed by atoms with Gasteiger partial charge in [0, 0.05) is 26.6 Å². The summed E-state index contributed by atoms with van der Waals surface area (Å²) in [4.78, 5) is 27.6. The summed E-state index contributed by atoms with van der Waals surface area (Å²) >= 11 is 14.7. The van der Waals surface area contributed by atoms with Crippen molar-refractivity contribution in [1.29, 1.82) is 0 Å². The van der Waals surface area contributed by atoms with Crippen molar-refractivity contribution < 1.29 is 14.0 Å². The predicted molar refractivity (Wildman–Crippen MR) is 117 cm³/mol. The number of hydrogen-bond acceptors (Lipinski definition) is 5. The van der Waals surface area contributed by atoms with Gasteiger partial charge < -0.3 is 4.42 Å². The van der Waals surface area contributed by atoms with E-state index in [2.05, 4.69) is 0 Å². The van der Waals surface area contributed by atoms with E-state index in [0.717, 1.165) is 21.6 Å². The van der Waals surface area contributed by atoms with Gasteiger partial charge >= 0.3 is 0 Å². The zero-order valence-electron chi connectivity index (χ0n) is 14.8. The molecule has 1 fully saturated rings. The van der Waals surface area contributed by atoms with Crippen LogP contribution in [0.3, 0.4) is 0 Å². The molecule has 2 aromatic carbocycles. The van der Waals surface area contributed by atoms with Gasteiger partial charge in [-0.15, -0.1) is 0 Å². The molecular formula is C21H13Cl2NO3S2. The number of carbonyl (C=O) groups is 2. The van der Waals surface area contributed by atoms with Crippen LogP contribution in [0.25, 0.3) is 6.08 Å². The first-order valence-electron chi connectivity index (χ1n) is 8.52. The molecule has 3 aromatic rings. The molecule has 0 unspecified atom stereocenters. The highest BCUT2D eigenvalue weighted by atomic mass is 35.5. The van der Waals surface area contributed by atoms with Crippen molar-refractivity contribution in [3.05, 3.63) is 86.9 Å². The lowest BCUT2D eigenvalue weighted by atomic mass is 10.2. The van der Waals surface area contributed by atoms with Gasteiger partial charge in [-0.3, -0.25) is 14.5 Å². The van der Waals surface area contributed by atoms with Crippen LogP contribution in [0.2, 0.25) is 10.0 Å². The summed E-state index contributed by atoms with van der Waals surface area (Å²) in [7, 11) is 0. The maximum absolute atomic E-state index is 12.7. The third-order valence-electron chi connectivity index (χ3n) is 4.09. The molecule has 1 aromatic heterocycles. The molecule has 1 aliphatic heterocycles. The van der Waals surface area contributed by atoms with Crippen molar-refractivity contribution in [2.45, 2.75) is 16.5 Å². The minimum Gasteiger partial charge on any atom is -0.450 e. The molecule has 2 amide bonds. The Labute approximate surface area is 185 Å². The summed E-state index contributed by atoms with van der Waals surface area (Å²) in [5.41, 5.74) is 0.541. The summed E-state index contributed by atoms with van der Waals surface area (Å²) in [5.74, 6) is 0.106. The zero-order valence-corrected chi connectivity index (χ0v) is 17.9. The smallest absolute Gasteiger partial charge is 0.293 e. The van der Waals surface area contributed by atoms with Crippen LogP contribution in [0.5, 0.6) is 0 Å². The molecule has 0 aliphatic carbocycles. The number of halogens is 2. The van der Waals surface area contributed by atoms with E-state index < -0.39 is 5.91 Å². The number of amides is 2. The van der Waals surface area contributed by atoms with Crippen molar-refractivity contribution in [2.75, 3.05) is 0 Å². The number of imide groups is 1. The van der Waals surface area contributed by atoms with Crippen LogP contribution in [0.15, 0.2) is 80.0 Å². The number of thioether (sulfide) groups is 1. The molecule has 2 heterocycles. The second-order valence-corrected chi connectivity index (χ2v) is 8.93. The van der Waals surface area contributed by atoms with Gasteiger partial charge in [0.2, 0.25) is 0 Å². The van der Waals surface area contributed by atoms with Gasteiger partial charge in [-0.1, -0.05) is 59.2 Å². The Balaban J connectivity index is 1.51. The maximum Gasteiger partial charge on any atom is 0.293 e. The van der Waals surface area contributed by atoms with E-state index in [1.165, 1.54) is 11.8 Å². The predicted octanol–water partition coefficient (Wildman–Crippen LogP) is 6.97. The third kappa shape index (κ3) is 4.56. The van der Waals surface area contributed by atoms with E-state index in [4.69, 9.17) is 27.6 Å². The first-order valence-corrected chi connectivity index (χ1v) is 10.9. The Kier molecular flexibility index (Phi) is 6.06. The minimum absolute atomic E-state index is 0.0216. The highest BCUT2D eigenvalue weighted by Crippen LogP contribution is 2.36. The lowest BCUT2D eigenvalue weighted by molar-refractivity contribution is -0.123. The van der Waals surface area contributed by atoms with Gasteiger partial charge in [-0.05, 0) is 48.2 Å². The van der Waals surface area contributed by atoms with E-state index in [1.54, 1.807) is 30.3 Å². The zero-order chi connectivity index (χ0) is 20.4. The van der Waals surface area contributed by atoms with Crippen molar-refractivity contribution in [3.8, 4) is 0 Å². The number of hydrogen-bond donors (Lipinski definition) is 0. The SMILES string of the molecule is O=C1S/C(=C\c2ccc(Sc3ccccc3)o2)C(=O)N1Cc1c(Cl)cccc1Cl. The summed E-state index contributed by atoms with van der Waals surface area (Å²) in [6.45, 7) is 0.0216. The van der Waals surface area contributed by atoms with Crippen LogP contribution in [0.4, 0.5) is 4.79 Å². The largest absolute Gasteiger partial charge is 0.450 e. The van der Waals surface area contributed by atoms with Crippen LogP contribution in [-0.2, 0) is 11.3 Å². The van der Waals surface area contributed by atoms with Crippen LogP contribution in [0, 0.1) is 0 Å². The first kappa shape index (κ1) is 20.2. The number of carbonyl (C=O) groups excluding carboxylic acids is 2. The van der Waals surface area contributed by atoms with Crippen LogP contribution < -0.4 is 0 Å². The summed E-state index contributed by atoms with van der Waals surface area (Å²) in [6.07, 6.45) is 1.58. The fraction of sp³-hybridized carbons (Fsp3) is 0.0476. The molecule has 1 saturated heterocycles. The fourth-order valence-electron chi connectivity index (χ4n) is 2.68. The van der Waals surface area contributed by atoms with Gasteiger partial charge in [-0.2, -0.15) is 0 Å². The first-order chi connectivity index (χ1) is 14.0. The number of rotatable bonds is 5. The minimum atomic E-state index is -0.398. The van der Waals surface area contributed by atoms with E-state index in [-0.39, 0.29) is 11.8 Å². The lowest BCUT2D eigenvalue weighted by Gasteiger charge is -2.14. The number of furan rings is 1. The summed E-state index contributed by atoms with van der Waals surface area (Å²) in [5, 5.41) is 1.15. The monoisotopic (exact) mass is 461 g/mol. The molecule has 0 N–H and O–H groups in total. The summed E-state index contributed by atoms with van der Waals surface area (Å²) in [6, 6.07) is 18.5. The standard InChI is InChI=1S/C21H13Cl2NO3S2/c22-16-7-4-8-17(23)15(16)12-24-20(25)18(29-21(24)26)11-13-9-10-19(27-13)28-14-5-2-1-3-6-14/h1-11H,12H2/b18-11-. The van der Waals surface area contributed by atoms with E-state index >= 15 is 0 Å². The molecule has 1 aliphatic rings.